The molecule has 34 heavy (non-hydrogen) atoms. The third kappa shape index (κ3) is 4.69. The molecule has 2 aromatic carbocycles. The second-order valence-corrected chi connectivity index (χ2v) is 11.5. The Morgan fingerprint density at radius 3 is 2.56 bits per heavy atom. The van der Waals surface area contributed by atoms with E-state index in [1.54, 1.807) is 16.8 Å². The lowest BCUT2D eigenvalue weighted by atomic mass is 10.1. The number of carbonyl (C=O) groups is 1. The van der Waals surface area contributed by atoms with Crippen LogP contribution in [-0.2, 0) is 21.2 Å². The normalized spacial score (nSPS) is 19.2. The summed E-state index contributed by atoms with van der Waals surface area (Å²) >= 11 is 3.14. The van der Waals surface area contributed by atoms with Gasteiger partial charge in [-0.3, -0.25) is 9.48 Å². The van der Waals surface area contributed by atoms with E-state index in [0.29, 0.717) is 22.3 Å². The van der Waals surface area contributed by atoms with Gasteiger partial charge < -0.3 is 9.84 Å². The zero-order chi connectivity index (χ0) is 24.8. The van der Waals surface area contributed by atoms with Crippen LogP contribution in [0.15, 0.2) is 45.8 Å². The monoisotopic (exact) mass is 553 g/mol. The van der Waals surface area contributed by atoms with Crippen LogP contribution in [0.5, 0.6) is 5.75 Å². The van der Waals surface area contributed by atoms with E-state index in [1.807, 2.05) is 20.8 Å². The van der Waals surface area contributed by atoms with Crippen LogP contribution < -0.4 is 4.74 Å². The molecular weight excluding hydrogens is 529 g/mol. The quantitative estimate of drug-likeness (QED) is 0.469. The van der Waals surface area contributed by atoms with Gasteiger partial charge in [0.15, 0.2) is 0 Å². The van der Waals surface area contributed by atoms with E-state index in [-0.39, 0.29) is 46.9 Å². The van der Waals surface area contributed by atoms with E-state index in [9.17, 15) is 22.7 Å². The molecular formula is C23H25BrFN3O5S. The van der Waals surface area contributed by atoms with Crippen LogP contribution in [-0.4, -0.2) is 52.8 Å². The number of ether oxygens (including phenoxy) is 1. The van der Waals surface area contributed by atoms with Crippen molar-refractivity contribution in [1.29, 1.82) is 0 Å². The number of aromatic nitrogens is 2. The molecule has 2 heterocycles. The Balaban J connectivity index is 1.67. The standard InChI is InChI=1S/C23H25BrFN3O5S/c1-13(2)33-15-4-6-16(7-5-15)34(31,32)27-11-14(3)22(12-27)28-21-9-19(25)18(24)8-17(21)20(26-28)10-23(29)30/h4-9,13-14,22H,10-12H2,1-3H3,(H,29,30)/t14-,22+/m1/s1. The second-order valence-electron chi connectivity index (χ2n) is 8.75. The van der Waals surface area contributed by atoms with Gasteiger partial charge in [0.25, 0.3) is 0 Å². The van der Waals surface area contributed by atoms with Gasteiger partial charge in [0, 0.05) is 24.5 Å². The molecule has 1 aliphatic heterocycles. The van der Waals surface area contributed by atoms with Crippen LogP contribution in [0.1, 0.15) is 32.5 Å². The second kappa shape index (κ2) is 9.27. The molecule has 3 aromatic rings. The zero-order valence-corrected chi connectivity index (χ0v) is 21.3. The largest absolute Gasteiger partial charge is 0.491 e. The summed E-state index contributed by atoms with van der Waals surface area (Å²) in [6.07, 6.45) is -0.349. The van der Waals surface area contributed by atoms with Crippen LogP contribution in [0.25, 0.3) is 10.9 Å². The van der Waals surface area contributed by atoms with Crippen molar-refractivity contribution >= 4 is 42.8 Å². The molecule has 182 valence electrons. The fourth-order valence-corrected chi connectivity index (χ4v) is 6.16. The van der Waals surface area contributed by atoms with Crippen molar-refractivity contribution in [1.82, 2.24) is 14.1 Å². The highest BCUT2D eigenvalue weighted by Crippen LogP contribution is 2.36. The number of hydrogen-bond donors (Lipinski definition) is 1. The number of benzene rings is 2. The lowest BCUT2D eigenvalue weighted by Gasteiger charge is -2.18. The first-order valence-electron chi connectivity index (χ1n) is 10.8. The molecule has 0 saturated carbocycles. The fraction of sp³-hybridized carbons (Fsp3) is 0.391. The van der Waals surface area contributed by atoms with Gasteiger partial charge in [0.2, 0.25) is 10.0 Å². The first-order valence-corrected chi connectivity index (χ1v) is 13.1. The Morgan fingerprint density at radius 2 is 1.94 bits per heavy atom. The van der Waals surface area contributed by atoms with Crippen molar-refractivity contribution in [2.45, 2.75) is 44.2 Å². The predicted molar refractivity (Wildman–Crippen MR) is 128 cm³/mol. The lowest BCUT2D eigenvalue weighted by molar-refractivity contribution is -0.136. The molecule has 0 amide bonds. The summed E-state index contributed by atoms with van der Waals surface area (Å²) in [7, 11) is -3.78. The molecule has 1 aromatic heterocycles. The Bertz CT molecular complexity index is 1340. The maximum atomic E-state index is 14.4. The topological polar surface area (TPSA) is 102 Å². The highest BCUT2D eigenvalue weighted by Gasteiger charge is 2.39. The summed E-state index contributed by atoms with van der Waals surface area (Å²) in [5.41, 5.74) is 0.737. The van der Waals surface area contributed by atoms with E-state index >= 15 is 0 Å². The molecule has 0 aliphatic carbocycles. The first-order chi connectivity index (χ1) is 16.0. The van der Waals surface area contributed by atoms with E-state index in [1.165, 1.54) is 28.6 Å². The number of carboxylic acid groups (broad SMARTS) is 1. The molecule has 8 nitrogen and oxygen atoms in total. The maximum absolute atomic E-state index is 14.4. The molecule has 2 atom stereocenters. The van der Waals surface area contributed by atoms with Gasteiger partial charge in [-0.25, -0.2) is 12.8 Å². The van der Waals surface area contributed by atoms with Gasteiger partial charge >= 0.3 is 5.97 Å². The number of sulfonamides is 1. The van der Waals surface area contributed by atoms with Crippen molar-refractivity contribution in [2.75, 3.05) is 13.1 Å². The Labute approximate surface area is 205 Å². The van der Waals surface area contributed by atoms with Crippen LogP contribution in [0.4, 0.5) is 4.39 Å². The Hall–Kier alpha value is -2.50. The third-order valence-corrected chi connectivity index (χ3v) is 8.28. The number of rotatable bonds is 7. The van der Waals surface area contributed by atoms with Gasteiger partial charge in [0.1, 0.15) is 11.6 Å². The van der Waals surface area contributed by atoms with E-state index < -0.39 is 21.8 Å². The lowest BCUT2D eigenvalue weighted by Crippen LogP contribution is -2.29. The molecule has 0 spiro atoms. The van der Waals surface area contributed by atoms with Crippen LogP contribution in [0.3, 0.4) is 0 Å². The number of carboxylic acids is 1. The van der Waals surface area contributed by atoms with Crippen LogP contribution in [0.2, 0.25) is 0 Å². The summed E-state index contributed by atoms with van der Waals surface area (Å²) in [4.78, 5) is 11.5. The summed E-state index contributed by atoms with van der Waals surface area (Å²) < 4.78 is 49.8. The minimum atomic E-state index is -3.78. The number of halogens is 2. The van der Waals surface area contributed by atoms with Crippen molar-refractivity contribution < 1.29 is 27.4 Å². The molecule has 0 bridgehead atoms. The maximum Gasteiger partial charge on any atom is 0.309 e. The van der Waals surface area contributed by atoms with Crippen molar-refractivity contribution in [3.05, 3.63) is 52.4 Å². The van der Waals surface area contributed by atoms with Gasteiger partial charge in [-0.15, -0.1) is 0 Å². The van der Waals surface area contributed by atoms with Gasteiger partial charge in [0.05, 0.1) is 39.1 Å². The van der Waals surface area contributed by atoms with Gasteiger partial charge in [-0.1, -0.05) is 6.92 Å². The molecule has 1 saturated heterocycles. The van der Waals surface area contributed by atoms with Gasteiger partial charge in [-0.2, -0.15) is 9.40 Å². The van der Waals surface area contributed by atoms with Crippen molar-refractivity contribution in [3.8, 4) is 5.75 Å². The Kier molecular flexibility index (Phi) is 6.71. The molecule has 1 N–H and O–H groups in total. The average Bonchev–Trinajstić information content (AvgIpc) is 3.29. The van der Waals surface area contributed by atoms with E-state index in [0.717, 1.165) is 0 Å². The van der Waals surface area contributed by atoms with E-state index in [2.05, 4.69) is 21.0 Å². The first kappa shape index (κ1) is 24.6. The van der Waals surface area contributed by atoms with Crippen molar-refractivity contribution in [2.24, 2.45) is 5.92 Å². The third-order valence-electron chi connectivity index (χ3n) is 5.83. The molecule has 1 aliphatic rings. The van der Waals surface area contributed by atoms with E-state index in [4.69, 9.17) is 4.74 Å². The molecule has 11 heteroatoms. The predicted octanol–water partition coefficient (Wildman–Crippen LogP) is 4.23. The highest BCUT2D eigenvalue weighted by molar-refractivity contribution is 9.10. The summed E-state index contributed by atoms with van der Waals surface area (Å²) in [6, 6.07) is 8.73. The minimum absolute atomic E-state index is 0.0250. The fourth-order valence-electron chi connectivity index (χ4n) is 4.25. The smallest absolute Gasteiger partial charge is 0.309 e. The molecule has 4 rings (SSSR count). The van der Waals surface area contributed by atoms with Crippen molar-refractivity contribution in [3.63, 3.8) is 0 Å². The SMILES string of the molecule is CC(C)Oc1ccc(S(=O)(=O)N2C[C@@H](C)[C@@H](n3nc(CC(=O)O)c4cc(Br)c(F)cc43)C2)cc1. The zero-order valence-electron chi connectivity index (χ0n) is 18.9. The molecule has 0 unspecified atom stereocenters. The molecule has 0 radical (unpaired) electrons. The van der Waals surface area contributed by atoms with Crippen LogP contribution in [0, 0.1) is 11.7 Å². The number of fused-ring (bicyclic) bond motifs is 1. The Morgan fingerprint density at radius 1 is 1.26 bits per heavy atom. The number of hydrogen-bond acceptors (Lipinski definition) is 5. The highest BCUT2D eigenvalue weighted by atomic mass is 79.9. The number of aliphatic carboxylic acids is 1. The number of nitrogens with zero attached hydrogens (tertiary/aromatic N) is 3. The summed E-state index contributed by atoms with van der Waals surface area (Å²) in [6.45, 7) is 6.07. The average molecular weight is 554 g/mol. The van der Waals surface area contributed by atoms with Gasteiger partial charge in [-0.05, 0) is 66.0 Å². The molecule has 1 fully saturated rings. The summed E-state index contributed by atoms with van der Waals surface area (Å²) in [5.74, 6) is -1.11. The minimum Gasteiger partial charge on any atom is -0.491 e. The summed E-state index contributed by atoms with van der Waals surface area (Å²) in [5, 5.41) is 14.3. The van der Waals surface area contributed by atoms with Crippen LogP contribution >= 0.6 is 15.9 Å².